The summed E-state index contributed by atoms with van der Waals surface area (Å²) in [5, 5.41) is 4.73. The molecule has 0 saturated carbocycles. The standard InChI is InChI=1S/C19H24N4O/c1-3-7-16(8-4-1)13-22-15-20-19(21-22)18-14-24-12-11-23(18)17-9-5-2-6-10-17/h1,3-5,7-9,15,17-18H,2,6,10-14H2/t17-,18+/m1/s1. The van der Waals surface area contributed by atoms with Gasteiger partial charge in [-0.1, -0.05) is 42.5 Å². The molecular weight excluding hydrogens is 300 g/mol. The number of ether oxygens (including phenoxy) is 1. The summed E-state index contributed by atoms with van der Waals surface area (Å²) in [6, 6.07) is 11.0. The van der Waals surface area contributed by atoms with Crippen LogP contribution in [0.1, 0.15) is 36.7 Å². The molecule has 5 heteroatoms. The summed E-state index contributed by atoms with van der Waals surface area (Å²) in [6.07, 6.45) is 10.2. The Labute approximate surface area is 143 Å². The average molecular weight is 324 g/mol. The number of benzene rings is 1. The van der Waals surface area contributed by atoms with Gasteiger partial charge in [-0.05, 0) is 24.8 Å². The van der Waals surface area contributed by atoms with Gasteiger partial charge in [0, 0.05) is 12.6 Å². The van der Waals surface area contributed by atoms with Crippen LogP contribution < -0.4 is 0 Å². The zero-order valence-electron chi connectivity index (χ0n) is 13.9. The average Bonchev–Trinajstić information content (AvgIpc) is 3.12. The molecule has 2 aromatic rings. The maximum atomic E-state index is 5.73. The quantitative estimate of drug-likeness (QED) is 0.811. The molecule has 2 atom stereocenters. The minimum atomic E-state index is 0.156. The molecule has 24 heavy (non-hydrogen) atoms. The van der Waals surface area contributed by atoms with E-state index in [1.165, 1.54) is 24.8 Å². The van der Waals surface area contributed by atoms with Crippen molar-refractivity contribution in [1.82, 2.24) is 19.7 Å². The number of morpholine rings is 1. The van der Waals surface area contributed by atoms with E-state index in [-0.39, 0.29) is 6.04 Å². The molecule has 2 aliphatic rings. The Morgan fingerprint density at radius 2 is 2.12 bits per heavy atom. The minimum absolute atomic E-state index is 0.156. The van der Waals surface area contributed by atoms with Crippen molar-refractivity contribution in [2.75, 3.05) is 19.8 Å². The number of hydrogen-bond acceptors (Lipinski definition) is 4. The van der Waals surface area contributed by atoms with Gasteiger partial charge in [0.1, 0.15) is 6.33 Å². The van der Waals surface area contributed by atoms with Crippen LogP contribution in [0.25, 0.3) is 0 Å². The fourth-order valence-corrected chi connectivity index (χ4v) is 3.62. The summed E-state index contributed by atoms with van der Waals surface area (Å²) < 4.78 is 7.65. The molecule has 0 radical (unpaired) electrons. The molecule has 0 amide bonds. The monoisotopic (exact) mass is 324 g/mol. The van der Waals surface area contributed by atoms with E-state index in [0.29, 0.717) is 12.6 Å². The van der Waals surface area contributed by atoms with Crippen molar-refractivity contribution in [2.45, 2.75) is 37.9 Å². The van der Waals surface area contributed by atoms with E-state index in [2.05, 4.69) is 46.3 Å². The Morgan fingerprint density at radius 1 is 1.21 bits per heavy atom. The molecule has 1 aromatic heterocycles. The summed E-state index contributed by atoms with van der Waals surface area (Å²) in [7, 11) is 0. The highest BCUT2D eigenvalue weighted by Crippen LogP contribution is 2.28. The van der Waals surface area contributed by atoms with Crippen LogP contribution in [0, 0.1) is 0 Å². The normalized spacial score (nSPS) is 25.0. The minimum Gasteiger partial charge on any atom is -0.378 e. The Hall–Kier alpha value is -1.98. The first-order valence-corrected chi connectivity index (χ1v) is 8.83. The smallest absolute Gasteiger partial charge is 0.170 e. The van der Waals surface area contributed by atoms with Gasteiger partial charge in [0.05, 0.1) is 25.8 Å². The van der Waals surface area contributed by atoms with Crippen LogP contribution in [0.15, 0.2) is 48.8 Å². The van der Waals surface area contributed by atoms with Crippen molar-refractivity contribution in [1.29, 1.82) is 0 Å². The summed E-state index contributed by atoms with van der Waals surface area (Å²) in [5.74, 6) is 0.879. The van der Waals surface area contributed by atoms with Gasteiger partial charge in [-0.25, -0.2) is 9.67 Å². The van der Waals surface area contributed by atoms with Crippen LogP contribution in [0.4, 0.5) is 0 Å². The Balaban J connectivity index is 1.51. The predicted octanol–water partition coefficient (Wildman–Crippen LogP) is 2.81. The van der Waals surface area contributed by atoms with E-state index in [0.717, 1.165) is 25.5 Å². The van der Waals surface area contributed by atoms with Crippen molar-refractivity contribution in [3.63, 3.8) is 0 Å². The third kappa shape index (κ3) is 3.42. The van der Waals surface area contributed by atoms with E-state index >= 15 is 0 Å². The first-order valence-electron chi connectivity index (χ1n) is 8.83. The Morgan fingerprint density at radius 3 is 2.96 bits per heavy atom. The van der Waals surface area contributed by atoms with E-state index in [4.69, 9.17) is 9.84 Å². The lowest BCUT2D eigenvalue weighted by molar-refractivity contribution is -0.0268. The van der Waals surface area contributed by atoms with Gasteiger partial charge in [-0.15, -0.1) is 0 Å². The number of nitrogens with zero attached hydrogens (tertiary/aromatic N) is 4. The number of aromatic nitrogens is 3. The van der Waals surface area contributed by atoms with Crippen molar-refractivity contribution >= 4 is 0 Å². The largest absolute Gasteiger partial charge is 0.378 e. The second kappa shape index (κ2) is 7.28. The highest BCUT2D eigenvalue weighted by Gasteiger charge is 2.32. The fraction of sp³-hybridized carbons (Fsp3) is 0.474. The zero-order valence-corrected chi connectivity index (χ0v) is 13.9. The lowest BCUT2D eigenvalue weighted by Crippen LogP contribution is -2.46. The summed E-state index contributed by atoms with van der Waals surface area (Å²) in [5.41, 5.74) is 1.24. The van der Waals surface area contributed by atoms with Crippen LogP contribution in [-0.2, 0) is 11.3 Å². The molecule has 0 spiro atoms. The van der Waals surface area contributed by atoms with Crippen LogP contribution in [0.3, 0.4) is 0 Å². The molecule has 5 nitrogen and oxygen atoms in total. The molecule has 0 N–H and O–H groups in total. The number of hydrogen-bond donors (Lipinski definition) is 0. The van der Waals surface area contributed by atoms with Crippen molar-refractivity contribution < 1.29 is 4.74 Å². The van der Waals surface area contributed by atoms with Crippen LogP contribution in [-0.4, -0.2) is 45.5 Å². The lowest BCUT2D eigenvalue weighted by atomic mass is 9.99. The molecule has 2 heterocycles. The molecule has 1 saturated heterocycles. The second-order valence-corrected chi connectivity index (χ2v) is 6.54. The van der Waals surface area contributed by atoms with Gasteiger partial charge in [0.15, 0.2) is 5.82 Å². The molecule has 0 unspecified atom stereocenters. The number of rotatable bonds is 4. The van der Waals surface area contributed by atoms with Crippen molar-refractivity contribution in [3.05, 3.63) is 60.2 Å². The fourth-order valence-electron chi connectivity index (χ4n) is 3.62. The molecule has 1 aliphatic heterocycles. The second-order valence-electron chi connectivity index (χ2n) is 6.54. The first-order chi connectivity index (χ1) is 11.9. The highest BCUT2D eigenvalue weighted by atomic mass is 16.5. The van der Waals surface area contributed by atoms with Gasteiger partial charge in [-0.2, -0.15) is 5.10 Å². The van der Waals surface area contributed by atoms with Gasteiger partial charge in [0.25, 0.3) is 0 Å². The third-order valence-electron chi connectivity index (χ3n) is 4.86. The van der Waals surface area contributed by atoms with E-state index in [9.17, 15) is 0 Å². The summed E-state index contributed by atoms with van der Waals surface area (Å²) >= 11 is 0. The molecule has 0 bridgehead atoms. The predicted molar refractivity (Wildman–Crippen MR) is 92.6 cm³/mol. The highest BCUT2D eigenvalue weighted by molar-refractivity contribution is 5.14. The lowest BCUT2D eigenvalue weighted by Gasteiger charge is -2.39. The molecule has 126 valence electrons. The topological polar surface area (TPSA) is 43.2 Å². The Bertz CT molecular complexity index is 682. The molecular formula is C19H24N4O. The van der Waals surface area contributed by atoms with Crippen LogP contribution in [0.2, 0.25) is 0 Å². The molecule has 1 aromatic carbocycles. The van der Waals surface area contributed by atoms with Gasteiger partial charge in [0.2, 0.25) is 0 Å². The summed E-state index contributed by atoms with van der Waals surface area (Å²) in [6.45, 7) is 3.18. The Kier molecular flexibility index (Phi) is 4.71. The van der Waals surface area contributed by atoms with Gasteiger partial charge < -0.3 is 4.74 Å². The van der Waals surface area contributed by atoms with Crippen molar-refractivity contribution in [3.8, 4) is 0 Å². The zero-order chi connectivity index (χ0) is 16.2. The first kappa shape index (κ1) is 15.5. The molecule has 1 fully saturated rings. The van der Waals surface area contributed by atoms with Gasteiger partial charge in [-0.3, -0.25) is 4.90 Å². The third-order valence-corrected chi connectivity index (χ3v) is 4.86. The molecule has 1 aliphatic carbocycles. The molecule has 4 rings (SSSR count). The number of allylic oxidation sites excluding steroid dienone is 1. The maximum absolute atomic E-state index is 5.73. The van der Waals surface area contributed by atoms with Crippen molar-refractivity contribution in [2.24, 2.45) is 0 Å². The van der Waals surface area contributed by atoms with Crippen LogP contribution >= 0.6 is 0 Å². The van der Waals surface area contributed by atoms with E-state index in [1.807, 2.05) is 17.1 Å². The van der Waals surface area contributed by atoms with Gasteiger partial charge >= 0.3 is 0 Å². The van der Waals surface area contributed by atoms with Crippen LogP contribution in [0.5, 0.6) is 0 Å². The van der Waals surface area contributed by atoms with E-state index in [1.54, 1.807) is 0 Å². The summed E-state index contributed by atoms with van der Waals surface area (Å²) in [4.78, 5) is 7.10. The maximum Gasteiger partial charge on any atom is 0.170 e. The van der Waals surface area contributed by atoms with E-state index < -0.39 is 0 Å². The SMILES string of the molecule is C1=C[C@@H](N2CCOC[C@H]2c2ncn(Cc3ccccc3)n2)CCC1.